The molecule has 0 aromatic carbocycles. The number of nitrogens with one attached hydrogen (secondary N) is 1. The molecule has 84 valence electrons. The zero-order valence-electron chi connectivity index (χ0n) is 9.33. The van der Waals surface area contributed by atoms with Crippen molar-refractivity contribution in [3.63, 3.8) is 0 Å². The molecule has 1 aromatic heterocycles. The molecule has 1 fully saturated rings. The molecular formula is C12H20N2S. The summed E-state index contributed by atoms with van der Waals surface area (Å²) in [4.78, 5) is 1.43. The summed E-state index contributed by atoms with van der Waals surface area (Å²) in [5.74, 6) is 6.46. The van der Waals surface area contributed by atoms with E-state index in [4.69, 9.17) is 5.84 Å². The quantitative estimate of drug-likeness (QED) is 0.611. The van der Waals surface area contributed by atoms with Crippen LogP contribution in [0.3, 0.4) is 0 Å². The molecule has 0 spiro atoms. The Kier molecular flexibility index (Phi) is 3.78. The fourth-order valence-corrected chi connectivity index (χ4v) is 3.68. The fourth-order valence-electron chi connectivity index (χ4n) is 2.60. The summed E-state index contributed by atoms with van der Waals surface area (Å²) in [7, 11) is 0. The molecule has 1 aliphatic rings. The summed E-state index contributed by atoms with van der Waals surface area (Å²) in [6, 6.07) is 2.57. The van der Waals surface area contributed by atoms with Crippen molar-refractivity contribution in [2.45, 2.75) is 45.1 Å². The molecule has 1 aromatic rings. The third kappa shape index (κ3) is 2.41. The van der Waals surface area contributed by atoms with Crippen LogP contribution in [0.25, 0.3) is 0 Å². The topological polar surface area (TPSA) is 38.0 Å². The van der Waals surface area contributed by atoms with E-state index in [1.54, 1.807) is 0 Å². The van der Waals surface area contributed by atoms with Gasteiger partial charge in [-0.1, -0.05) is 19.3 Å². The Bertz CT molecular complexity index is 302. The normalized spacial score (nSPS) is 20.4. The average molecular weight is 224 g/mol. The van der Waals surface area contributed by atoms with Gasteiger partial charge in [-0.05, 0) is 42.7 Å². The van der Waals surface area contributed by atoms with Crippen LogP contribution >= 0.6 is 11.3 Å². The lowest BCUT2D eigenvalue weighted by atomic mass is 9.83. The van der Waals surface area contributed by atoms with E-state index in [2.05, 4.69) is 23.8 Å². The van der Waals surface area contributed by atoms with Crippen molar-refractivity contribution >= 4 is 11.3 Å². The highest BCUT2D eigenvalue weighted by molar-refractivity contribution is 7.10. The van der Waals surface area contributed by atoms with Crippen molar-refractivity contribution in [2.75, 3.05) is 0 Å². The number of nitrogens with two attached hydrogens (primary N) is 1. The van der Waals surface area contributed by atoms with E-state index in [-0.39, 0.29) is 0 Å². The van der Waals surface area contributed by atoms with E-state index in [0.717, 1.165) is 5.92 Å². The molecule has 0 saturated heterocycles. The Morgan fingerprint density at radius 2 is 2.13 bits per heavy atom. The molecule has 0 amide bonds. The standard InChI is InChI=1S/C12H20N2S/c1-9-7-8-15-12(9)11(14-13)10-5-3-2-4-6-10/h7-8,10-11,14H,2-6,13H2,1H3. The summed E-state index contributed by atoms with van der Waals surface area (Å²) in [6.07, 6.45) is 6.79. The van der Waals surface area contributed by atoms with E-state index >= 15 is 0 Å². The van der Waals surface area contributed by atoms with Gasteiger partial charge in [0.15, 0.2) is 0 Å². The zero-order chi connectivity index (χ0) is 10.7. The molecule has 1 unspecified atom stereocenters. The van der Waals surface area contributed by atoms with Crippen LogP contribution in [0.5, 0.6) is 0 Å². The predicted molar refractivity (Wildman–Crippen MR) is 65.7 cm³/mol. The molecule has 1 atom stereocenters. The van der Waals surface area contributed by atoms with E-state index < -0.39 is 0 Å². The van der Waals surface area contributed by atoms with Crippen molar-refractivity contribution in [2.24, 2.45) is 11.8 Å². The Morgan fingerprint density at radius 1 is 1.40 bits per heavy atom. The first-order valence-corrected chi connectivity index (χ1v) is 6.71. The second-order valence-electron chi connectivity index (χ2n) is 4.51. The first-order chi connectivity index (χ1) is 7.33. The molecule has 0 bridgehead atoms. The predicted octanol–water partition coefficient (Wildman–Crippen LogP) is 3.14. The third-order valence-electron chi connectivity index (χ3n) is 3.48. The summed E-state index contributed by atoms with van der Waals surface area (Å²) < 4.78 is 0. The number of hydrazine groups is 1. The summed E-state index contributed by atoms with van der Waals surface area (Å²) >= 11 is 1.83. The summed E-state index contributed by atoms with van der Waals surface area (Å²) in [5.41, 5.74) is 4.41. The highest BCUT2D eigenvalue weighted by atomic mass is 32.1. The van der Waals surface area contributed by atoms with Gasteiger partial charge in [0.1, 0.15) is 0 Å². The number of thiophene rings is 1. The number of aryl methyl sites for hydroxylation is 1. The van der Waals surface area contributed by atoms with Crippen molar-refractivity contribution in [3.05, 3.63) is 21.9 Å². The van der Waals surface area contributed by atoms with Gasteiger partial charge in [0.05, 0.1) is 6.04 Å². The first kappa shape index (κ1) is 11.1. The van der Waals surface area contributed by atoms with Crippen LogP contribution in [-0.4, -0.2) is 0 Å². The van der Waals surface area contributed by atoms with Gasteiger partial charge in [-0.25, -0.2) is 0 Å². The molecule has 1 aliphatic carbocycles. The van der Waals surface area contributed by atoms with E-state index in [1.165, 1.54) is 42.5 Å². The van der Waals surface area contributed by atoms with Crippen molar-refractivity contribution in [1.82, 2.24) is 5.43 Å². The Labute approximate surface area is 95.8 Å². The number of hydrogen-bond acceptors (Lipinski definition) is 3. The maximum absolute atomic E-state index is 5.72. The smallest absolute Gasteiger partial charge is 0.0584 e. The fraction of sp³-hybridized carbons (Fsp3) is 0.667. The van der Waals surface area contributed by atoms with E-state index in [9.17, 15) is 0 Å². The van der Waals surface area contributed by atoms with Crippen molar-refractivity contribution < 1.29 is 0 Å². The van der Waals surface area contributed by atoms with E-state index in [1.807, 2.05) is 11.3 Å². The van der Waals surface area contributed by atoms with Gasteiger partial charge >= 0.3 is 0 Å². The minimum absolute atomic E-state index is 0.380. The highest BCUT2D eigenvalue weighted by Crippen LogP contribution is 2.37. The molecule has 0 radical (unpaired) electrons. The summed E-state index contributed by atoms with van der Waals surface area (Å²) in [6.45, 7) is 2.18. The monoisotopic (exact) mass is 224 g/mol. The Morgan fingerprint density at radius 3 is 2.67 bits per heavy atom. The van der Waals surface area contributed by atoms with Crippen LogP contribution in [0.15, 0.2) is 11.4 Å². The summed E-state index contributed by atoms with van der Waals surface area (Å²) in [5, 5.41) is 2.16. The van der Waals surface area contributed by atoms with Gasteiger partial charge < -0.3 is 0 Å². The lowest BCUT2D eigenvalue weighted by molar-refractivity contribution is 0.276. The Balaban J connectivity index is 2.12. The van der Waals surface area contributed by atoms with Crippen molar-refractivity contribution in [3.8, 4) is 0 Å². The second kappa shape index (κ2) is 5.10. The van der Waals surface area contributed by atoms with Crippen LogP contribution < -0.4 is 11.3 Å². The molecular weight excluding hydrogens is 204 g/mol. The van der Waals surface area contributed by atoms with Crippen LogP contribution in [0.1, 0.15) is 48.6 Å². The molecule has 3 N–H and O–H groups in total. The maximum atomic E-state index is 5.72. The Hall–Kier alpha value is -0.380. The highest BCUT2D eigenvalue weighted by Gasteiger charge is 2.25. The van der Waals surface area contributed by atoms with Gasteiger partial charge in [-0.15, -0.1) is 11.3 Å². The first-order valence-electron chi connectivity index (χ1n) is 5.83. The minimum Gasteiger partial charge on any atom is -0.271 e. The number of hydrogen-bond donors (Lipinski definition) is 2. The van der Waals surface area contributed by atoms with Gasteiger partial charge in [0.25, 0.3) is 0 Å². The largest absolute Gasteiger partial charge is 0.271 e. The minimum atomic E-state index is 0.380. The molecule has 2 rings (SSSR count). The maximum Gasteiger partial charge on any atom is 0.0584 e. The van der Waals surface area contributed by atoms with Gasteiger partial charge in [0.2, 0.25) is 0 Å². The molecule has 0 aliphatic heterocycles. The van der Waals surface area contributed by atoms with Crippen LogP contribution in [0, 0.1) is 12.8 Å². The average Bonchev–Trinajstić information content (AvgIpc) is 2.68. The van der Waals surface area contributed by atoms with E-state index in [0.29, 0.717) is 6.04 Å². The molecule has 2 nitrogen and oxygen atoms in total. The zero-order valence-corrected chi connectivity index (χ0v) is 10.1. The van der Waals surface area contributed by atoms with Crippen LogP contribution in [-0.2, 0) is 0 Å². The second-order valence-corrected chi connectivity index (χ2v) is 5.46. The molecule has 3 heteroatoms. The van der Waals surface area contributed by atoms with Crippen molar-refractivity contribution in [1.29, 1.82) is 0 Å². The lowest BCUT2D eigenvalue weighted by Gasteiger charge is -2.29. The lowest BCUT2D eigenvalue weighted by Crippen LogP contribution is -2.34. The SMILES string of the molecule is Cc1ccsc1C(NN)C1CCCCC1. The molecule has 1 heterocycles. The van der Waals surface area contributed by atoms with Crippen LogP contribution in [0.2, 0.25) is 0 Å². The number of rotatable bonds is 3. The van der Waals surface area contributed by atoms with Gasteiger partial charge in [-0.3, -0.25) is 11.3 Å². The van der Waals surface area contributed by atoms with Gasteiger partial charge in [-0.2, -0.15) is 0 Å². The third-order valence-corrected chi connectivity index (χ3v) is 4.59. The molecule has 1 saturated carbocycles. The molecule has 15 heavy (non-hydrogen) atoms. The van der Waals surface area contributed by atoms with Gasteiger partial charge in [0, 0.05) is 4.88 Å². The van der Waals surface area contributed by atoms with Crippen LogP contribution in [0.4, 0.5) is 0 Å².